The average Bonchev–Trinajstić information content (AvgIpc) is 3.35. The van der Waals surface area contributed by atoms with Crippen molar-refractivity contribution in [2.75, 3.05) is 11.9 Å². The Kier molecular flexibility index (Phi) is 8.17. The smallest absolute Gasteiger partial charge is 0.355 e. The van der Waals surface area contributed by atoms with E-state index in [1.54, 1.807) is 23.5 Å². The van der Waals surface area contributed by atoms with E-state index in [-0.39, 0.29) is 27.5 Å². The van der Waals surface area contributed by atoms with Crippen LogP contribution in [0.4, 0.5) is 5.69 Å². The average molecular weight is 601 g/mol. The Morgan fingerprint density at radius 3 is 2.45 bits per heavy atom. The van der Waals surface area contributed by atoms with E-state index in [0.29, 0.717) is 36.6 Å². The van der Waals surface area contributed by atoms with Crippen molar-refractivity contribution in [1.29, 1.82) is 0 Å². The van der Waals surface area contributed by atoms with E-state index in [4.69, 9.17) is 22.7 Å². The number of benzene rings is 2. The second kappa shape index (κ2) is 11.8. The van der Waals surface area contributed by atoms with Gasteiger partial charge < -0.3 is 26.2 Å². The maximum atomic E-state index is 14.0. The fourth-order valence-electron chi connectivity index (χ4n) is 5.07. The molecule has 4 aromatic rings. The number of carboxylic acid groups (broad SMARTS) is 1. The molecule has 0 saturated heterocycles. The predicted octanol–water partition coefficient (Wildman–Crippen LogP) is 5.52. The molecule has 2 aromatic heterocycles. The molecule has 2 amide bonds. The largest absolute Gasteiger partial charge is 0.493 e. The maximum absolute atomic E-state index is 14.0. The van der Waals surface area contributed by atoms with E-state index in [9.17, 15) is 19.5 Å². The number of rotatable bonds is 6. The van der Waals surface area contributed by atoms with Gasteiger partial charge in [0.15, 0.2) is 5.69 Å². The molecule has 0 radical (unpaired) electrons. The topological polar surface area (TPSA) is 144 Å². The van der Waals surface area contributed by atoms with Crippen LogP contribution in [-0.4, -0.2) is 39.5 Å². The van der Waals surface area contributed by atoms with Gasteiger partial charge in [0.2, 0.25) is 0 Å². The summed E-state index contributed by atoms with van der Waals surface area (Å²) in [7, 11) is 0. The Morgan fingerprint density at radius 2 is 1.79 bits per heavy atom. The Bertz CT molecular complexity index is 1760. The van der Waals surface area contributed by atoms with Gasteiger partial charge in [0.05, 0.1) is 11.6 Å². The summed E-state index contributed by atoms with van der Waals surface area (Å²) in [4.78, 5) is 44.4. The summed E-state index contributed by atoms with van der Waals surface area (Å²) in [6.45, 7) is 6.12. The second-order valence-electron chi connectivity index (χ2n) is 9.94. The Hall–Kier alpha value is -4.45. The molecule has 0 unspecified atom stereocenters. The summed E-state index contributed by atoms with van der Waals surface area (Å²) in [5.41, 5.74) is 11.2. The highest BCUT2D eigenvalue weighted by Gasteiger charge is 2.27. The highest BCUT2D eigenvalue weighted by atomic mass is 32.1. The number of aromatic carboxylic acids is 1. The predicted molar refractivity (Wildman–Crippen MR) is 167 cm³/mol. The standard InChI is InChI=1S/C31H28N4O5S2/c1-15-10-18(14-32)11-16(2)26(15)35-29(36)22-12-23-25(40-8-6-19-7-9-42-28(19)23)13-21(22)20-4-5-24(30(37)33-17(3)41)34-27(20)31(38)39/h4-5,7,9-13H,6,8,14,32H2,1-3H3,(H,35,36)(H,38,39)(H,33,37,41). The lowest BCUT2D eigenvalue weighted by Gasteiger charge is -2.18. The molecule has 0 aliphatic carbocycles. The van der Waals surface area contributed by atoms with E-state index >= 15 is 0 Å². The quantitative estimate of drug-likeness (QED) is 0.212. The van der Waals surface area contributed by atoms with Crippen LogP contribution < -0.4 is 21.1 Å². The number of ether oxygens (including phenoxy) is 1. The number of nitrogens with zero attached hydrogens (tertiary/aromatic N) is 1. The van der Waals surface area contributed by atoms with Gasteiger partial charge in [-0.25, -0.2) is 9.78 Å². The van der Waals surface area contributed by atoms with Gasteiger partial charge in [0, 0.05) is 45.8 Å². The van der Waals surface area contributed by atoms with Gasteiger partial charge in [-0.15, -0.1) is 11.3 Å². The van der Waals surface area contributed by atoms with Gasteiger partial charge in [0.25, 0.3) is 11.8 Å². The SMILES string of the molecule is CC(=S)NC(=O)c1ccc(-c2cc3c(cc2C(=O)Nc2c(C)cc(CN)cc2C)-c2sccc2CCO3)c(C(=O)O)n1. The highest BCUT2D eigenvalue weighted by molar-refractivity contribution is 7.80. The molecular formula is C31H28N4O5S2. The molecule has 1 aliphatic heterocycles. The number of nitrogens with two attached hydrogens (primary N) is 1. The zero-order valence-corrected chi connectivity index (χ0v) is 24.8. The number of pyridine rings is 1. The van der Waals surface area contributed by atoms with Crippen LogP contribution in [0.3, 0.4) is 0 Å². The van der Waals surface area contributed by atoms with Crippen molar-refractivity contribution in [3.8, 4) is 27.3 Å². The number of hydrogen-bond donors (Lipinski definition) is 4. The molecule has 214 valence electrons. The van der Waals surface area contributed by atoms with Crippen molar-refractivity contribution >= 4 is 52.0 Å². The Labute approximate surface area is 251 Å². The minimum absolute atomic E-state index is 0.119. The molecule has 0 saturated carbocycles. The van der Waals surface area contributed by atoms with Gasteiger partial charge in [0.1, 0.15) is 11.4 Å². The molecule has 5 rings (SSSR count). The number of thiophene rings is 1. The minimum atomic E-state index is -1.36. The van der Waals surface area contributed by atoms with Crippen LogP contribution in [0, 0.1) is 13.8 Å². The number of anilines is 1. The number of carboxylic acids is 1. The number of carbonyl (C=O) groups excluding carboxylic acids is 2. The molecule has 11 heteroatoms. The summed E-state index contributed by atoms with van der Waals surface area (Å²) in [6.07, 6.45) is 0.696. The number of thiocarbonyl (C=S) groups is 1. The van der Waals surface area contributed by atoms with Crippen LogP contribution in [0.25, 0.3) is 21.6 Å². The summed E-state index contributed by atoms with van der Waals surface area (Å²) in [6, 6.07) is 12.2. The number of hydrogen-bond acceptors (Lipinski definition) is 8. The molecule has 0 atom stereocenters. The molecule has 0 spiro atoms. The van der Waals surface area contributed by atoms with Crippen LogP contribution in [0.5, 0.6) is 5.75 Å². The molecule has 3 heterocycles. The van der Waals surface area contributed by atoms with Crippen LogP contribution in [0.15, 0.2) is 47.8 Å². The van der Waals surface area contributed by atoms with Crippen LogP contribution in [-0.2, 0) is 13.0 Å². The number of carbonyl (C=O) groups is 3. The fraction of sp³-hybridized carbons (Fsp3) is 0.194. The molecule has 42 heavy (non-hydrogen) atoms. The van der Waals surface area contributed by atoms with Crippen LogP contribution in [0.2, 0.25) is 0 Å². The van der Waals surface area contributed by atoms with Gasteiger partial charge in [-0.1, -0.05) is 24.4 Å². The number of nitrogens with one attached hydrogen (secondary N) is 2. The lowest BCUT2D eigenvalue weighted by atomic mass is 9.93. The Balaban J connectivity index is 1.70. The van der Waals surface area contributed by atoms with E-state index in [1.807, 2.05) is 37.4 Å². The van der Waals surface area contributed by atoms with Crippen molar-refractivity contribution in [2.45, 2.75) is 33.7 Å². The van der Waals surface area contributed by atoms with Crippen molar-refractivity contribution < 1.29 is 24.2 Å². The highest BCUT2D eigenvalue weighted by Crippen LogP contribution is 2.43. The molecule has 1 aliphatic rings. The summed E-state index contributed by atoms with van der Waals surface area (Å²) in [5, 5.41) is 17.6. The number of fused-ring (bicyclic) bond motifs is 3. The molecule has 0 fully saturated rings. The zero-order valence-electron chi connectivity index (χ0n) is 23.2. The van der Waals surface area contributed by atoms with Gasteiger partial charge in [-0.2, -0.15) is 0 Å². The number of amides is 2. The maximum Gasteiger partial charge on any atom is 0.355 e. The van der Waals surface area contributed by atoms with Crippen LogP contribution in [0.1, 0.15) is 60.5 Å². The fourth-order valence-corrected chi connectivity index (χ4v) is 6.14. The van der Waals surface area contributed by atoms with Crippen molar-refractivity contribution in [3.63, 3.8) is 0 Å². The number of aromatic nitrogens is 1. The number of aryl methyl sites for hydroxylation is 2. The van der Waals surface area contributed by atoms with Gasteiger partial charge in [-0.05, 0) is 78.7 Å². The molecule has 0 bridgehead atoms. The van der Waals surface area contributed by atoms with Crippen molar-refractivity contribution in [3.05, 3.63) is 87.0 Å². The monoisotopic (exact) mass is 600 g/mol. The Morgan fingerprint density at radius 1 is 1.05 bits per heavy atom. The summed E-state index contributed by atoms with van der Waals surface area (Å²) < 4.78 is 6.09. The first kappa shape index (κ1) is 29.1. The normalized spacial score (nSPS) is 11.9. The third-order valence-corrected chi connectivity index (χ3v) is 8.05. The van der Waals surface area contributed by atoms with Crippen LogP contribution >= 0.6 is 23.6 Å². The first-order valence-electron chi connectivity index (χ1n) is 13.1. The summed E-state index contributed by atoms with van der Waals surface area (Å²) >= 11 is 6.49. The van der Waals surface area contributed by atoms with E-state index in [1.165, 1.54) is 19.1 Å². The minimum Gasteiger partial charge on any atom is -0.493 e. The summed E-state index contributed by atoms with van der Waals surface area (Å²) in [5.74, 6) is -1.89. The van der Waals surface area contributed by atoms with E-state index in [2.05, 4.69) is 15.6 Å². The second-order valence-corrected chi connectivity index (χ2v) is 11.5. The molecular weight excluding hydrogens is 572 g/mol. The lowest BCUT2D eigenvalue weighted by Crippen LogP contribution is -2.28. The molecule has 5 N–H and O–H groups in total. The first-order chi connectivity index (χ1) is 20.1. The van der Waals surface area contributed by atoms with Crippen molar-refractivity contribution in [2.24, 2.45) is 5.73 Å². The van der Waals surface area contributed by atoms with Gasteiger partial charge in [-0.3, -0.25) is 9.59 Å². The van der Waals surface area contributed by atoms with E-state index < -0.39 is 17.8 Å². The third-order valence-electron chi connectivity index (χ3n) is 6.96. The third kappa shape index (κ3) is 5.67. The zero-order chi connectivity index (χ0) is 30.1. The molecule has 2 aromatic carbocycles. The van der Waals surface area contributed by atoms with Gasteiger partial charge >= 0.3 is 5.97 Å². The molecule has 9 nitrogen and oxygen atoms in total. The van der Waals surface area contributed by atoms with Crippen molar-refractivity contribution in [1.82, 2.24) is 10.3 Å². The van der Waals surface area contributed by atoms with E-state index in [0.717, 1.165) is 32.7 Å². The first-order valence-corrected chi connectivity index (χ1v) is 14.4. The lowest BCUT2D eigenvalue weighted by molar-refractivity contribution is 0.0691.